The van der Waals surface area contributed by atoms with E-state index in [2.05, 4.69) is 9.72 Å². The van der Waals surface area contributed by atoms with Crippen molar-refractivity contribution in [2.24, 2.45) is 0 Å². The second-order valence-electron chi connectivity index (χ2n) is 4.98. The highest BCUT2D eigenvalue weighted by Crippen LogP contribution is 2.21. The Bertz CT molecular complexity index is 512. The molecule has 0 saturated heterocycles. The number of carbonyl (C=O) groups is 2. The minimum Gasteiger partial charge on any atom is -0.465 e. The van der Waals surface area contributed by atoms with Gasteiger partial charge in [0.1, 0.15) is 5.60 Å². The van der Waals surface area contributed by atoms with E-state index in [9.17, 15) is 9.59 Å². The molecule has 110 valence electrons. The number of pyridine rings is 1. The molecule has 1 heterocycles. The molecular formula is C13H18N2O4S. The number of methoxy groups -OCH3 is 1. The SMILES string of the molecule is COC(=O)c1cc(SCC(=O)OC(C)(C)C)ncc1N. The van der Waals surface area contributed by atoms with Crippen molar-refractivity contribution >= 4 is 29.4 Å². The summed E-state index contributed by atoms with van der Waals surface area (Å²) < 4.78 is 9.79. The van der Waals surface area contributed by atoms with Crippen LogP contribution in [0.1, 0.15) is 31.1 Å². The summed E-state index contributed by atoms with van der Waals surface area (Å²) in [6.45, 7) is 5.39. The second-order valence-corrected chi connectivity index (χ2v) is 5.97. The molecule has 0 bridgehead atoms. The van der Waals surface area contributed by atoms with E-state index in [1.807, 2.05) is 0 Å². The number of hydrogen-bond acceptors (Lipinski definition) is 7. The zero-order valence-electron chi connectivity index (χ0n) is 11.9. The van der Waals surface area contributed by atoms with Gasteiger partial charge in [0.2, 0.25) is 0 Å². The third-order valence-corrected chi connectivity index (χ3v) is 2.97. The van der Waals surface area contributed by atoms with Crippen LogP contribution in [-0.2, 0) is 14.3 Å². The van der Waals surface area contributed by atoms with E-state index in [0.717, 1.165) is 0 Å². The molecule has 0 aromatic carbocycles. The molecule has 0 aliphatic heterocycles. The van der Waals surface area contributed by atoms with E-state index >= 15 is 0 Å². The van der Waals surface area contributed by atoms with Crippen molar-refractivity contribution < 1.29 is 19.1 Å². The highest BCUT2D eigenvalue weighted by molar-refractivity contribution is 7.99. The molecule has 0 atom stereocenters. The predicted molar refractivity (Wildman–Crippen MR) is 76.6 cm³/mol. The van der Waals surface area contributed by atoms with Crippen molar-refractivity contribution in [3.05, 3.63) is 17.8 Å². The molecule has 2 N–H and O–H groups in total. The first-order chi connectivity index (χ1) is 9.23. The number of aromatic nitrogens is 1. The van der Waals surface area contributed by atoms with E-state index in [4.69, 9.17) is 10.5 Å². The molecule has 0 amide bonds. The van der Waals surface area contributed by atoms with E-state index in [1.54, 1.807) is 20.8 Å². The van der Waals surface area contributed by atoms with E-state index in [1.165, 1.54) is 31.1 Å². The van der Waals surface area contributed by atoms with Crippen LogP contribution in [0.2, 0.25) is 0 Å². The molecule has 0 aliphatic rings. The van der Waals surface area contributed by atoms with Crippen LogP contribution < -0.4 is 5.73 Å². The highest BCUT2D eigenvalue weighted by Gasteiger charge is 2.17. The highest BCUT2D eigenvalue weighted by atomic mass is 32.2. The van der Waals surface area contributed by atoms with Crippen molar-refractivity contribution in [3.8, 4) is 0 Å². The van der Waals surface area contributed by atoms with Crippen molar-refractivity contribution in [1.82, 2.24) is 4.98 Å². The fraction of sp³-hybridized carbons (Fsp3) is 0.462. The van der Waals surface area contributed by atoms with Crippen LogP contribution in [0.3, 0.4) is 0 Å². The van der Waals surface area contributed by atoms with Crippen LogP contribution in [0.25, 0.3) is 0 Å². The Morgan fingerprint density at radius 3 is 2.60 bits per heavy atom. The van der Waals surface area contributed by atoms with Crippen LogP contribution in [0.15, 0.2) is 17.3 Å². The van der Waals surface area contributed by atoms with Gasteiger partial charge in [-0.25, -0.2) is 9.78 Å². The third-order valence-electron chi connectivity index (χ3n) is 2.07. The lowest BCUT2D eigenvalue weighted by molar-refractivity contribution is -0.151. The molecule has 0 spiro atoms. The smallest absolute Gasteiger partial charge is 0.340 e. The summed E-state index contributed by atoms with van der Waals surface area (Å²) in [5.74, 6) is -0.779. The van der Waals surface area contributed by atoms with E-state index in [0.29, 0.717) is 5.03 Å². The average Bonchev–Trinajstić information content (AvgIpc) is 2.35. The van der Waals surface area contributed by atoms with Gasteiger partial charge in [-0.05, 0) is 26.8 Å². The van der Waals surface area contributed by atoms with Gasteiger partial charge in [-0.1, -0.05) is 11.8 Å². The number of carbonyl (C=O) groups excluding carboxylic acids is 2. The third kappa shape index (κ3) is 5.08. The number of nitrogens with two attached hydrogens (primary N) is 1. The van der Waals surface area contributed by atoms with Crippen LogP contribution >= 0.6 is 11.8 Å². The maximum absolute atomic E-state index is 11.6. The number of rotatable bonds is 4. The molecule has 1 aromatic heterocycles. The Hall–Kier alpha value is -1.76. The molecule has 0 fully saturated rings. The minimum atomic E-state index is -0.538. The van der Waals surface area contributed by atoms with Crippen LogP contribution in [-0.4, -0.2) is 35.4 Å². The molecule has 6 nitrogen and oxygen atoms in total. The van der Waals surface area contributed by atoms with Gasteiger partial charge in [0.25, 0.3) is 0 Å². The van der Waals surface area contributed by atoms with Gasteiger partial charge in [0, 0.05) is 0 Å². The van der Waals surface area contributed by atoms with Crippen LogP contribution in [0, 0.1) is 0 Å². The van der Waals surface area contributed by atoms with Crippen LogP contribution in [0.4, 0.5) is 5.69 Å². The maximum Gasteiger partial charge on any atom is 0.340 e. The molecule has 0 unspecified atom stereocenters. The lowest BCUT2D eigenvalue weighted by atomic mass is 10.2. The molecule has 0 radical (unpaired) electrons. The number of thioether (sulfide) groups is 1. The first kappa shape index (κ1) is 16.3. The number of ether oxygens (including phenoxy) is 2. The Morgan fingerprint density at radius 1 is 1.40 bits per heavy atom. The minimum absolute atomic E-state index is 0.106. The van der Waals surface area contributed by atoms with Crippen LogP contribution in [0.5, 0.6) is 0 Å². The standard InChI is InChI=1S/C13H18N2O4S/c1-13(2,3)19-11(16)7-20-10-5-8(12(17)18-4)9(14)6-15-10/h5-6H,7,14H2,1-4H3. The van der Waals surface area contributed by atoms with Gasteiger partial charge in [-0.15, -0.1) is 0 Å². The zero-order valence-corrected chi connectivity index (χ0v) is 12.7. The molecule has 1 aromatic rings. The van der Waals surface area contributed by atoms with Gasteiger partial charge in [-0.2, -0.15) is 0 Å². The van der Waals surface area contributed by atoms with Gasteiger partial charge in [0.15, 0.2) is 0 Å². The van der Waals surface area contributed by atoms with Gasteiger partial charge in [0.05, 0.1) is 35.3 Å². The lowest BCUT2D eigenvalue weighted by Gasteiger charge is -2.19. The lowest BCUT2D eigenvalue weighted by Crippen LogP contribution is -2.24. The summed E-state index contributed by atoms with van der Waals surface area (Å²) in [5, 5.41) is 0.505. The van der Waals surface area contributed by atoms with Gasteiger partial charge < -0.3 is 15.2 Å². The summed E-state index contributed by atoms with van der Waals surface area (Å²) in [6.07, 6.45) is 1.36. The molecule has 0 aliphatic carbocycles. The first-order valence-corrected chi connectivity index (χ1v) is 6.90. The monoisotopic (exact) mass is 298 g/mol. The van der Waals surface area contributed by atoms with E-state index in [-0.39, 0.29) is 23.0 Å². The fourth-order valence-corrected chi connectivity index (χ4v) is 1.97. The summed E-state index contributed by atoms with van der Waals surface area (Å²) in [5.41, 5.74) is 5.58. The topological polar surface area (TPSA) is 91.5 Å². The molecule has 1 rings (SSSR count). The predicted octanol–water partition coefficient (Wildman–Crippen LogP) is 1.88. The molecule has 7 heteroatoms. The van der Waals surface area contributed by atoms with E-state index < -0.39 is 11.6 Å². The average molecular weight is 298 g/mol. The van der Waals surface area contributed by atoms with Crippen molar-refractivity contribution in [1.29, 1.82) is 0 Å². The van der Waals surface area contributed by atoms with Gasteiger partial charge >= 0.3 is 11.9 Å². The zero-order chi connectivity index (χ0) is 15.3. The molecule has 0 saturated carbocycles. The van der Waals surface area contributed by atoms with Crippen molar-refractivity contribution in [2.75, 3.05) is 18.6 Å². The van der Waals surface area contributed by atoms with Gasteiger partial charge in [-0.3, -0.25) is 4.79 Å². The number of anilines is 1. The fourth-order valence-electron chi connectivity index (χ4n) is 1.32. The summed E-state index contributed by atoms with van der Waals surface area (Å²) in [7, 11) is 1.27. The Morgan fingerprint density at radius 2 is 2.05 bits per heavy atom. The molecular weight excluding hydrogens is 280 g/mol. The molecule has 20 heavy (non-hydrogen) atoms. The normalized spacial score (nSPS) is 11.0. The number of hydrogen-bond donors (Lipinski definition) is 1. The quantitative estimate of drug-likeness (QED) is 0.670. The second kappa shape index (κ2) is 6.60. The Balaban J connectivity index is 2.70. The Kier molecular flexibility index (Phi) is 5.38. The maximum atomic E-state index is 11.6. The number of nitrogens with zero attached hydrogens (tertiary/aromatic N) is 1. The summed E-state index contributed by atoms with van der Waals surface area (Å²) in [4.78, 5) is 27.1. The number of esters is 2. The van der Waals surface area contributed by atoms with Crippen molar-refractivity contribution in [2.45, 2.75) is 31.4 Å². The largest absolute Gasteiger partial charge is 0.465 e. The Labute approximate surface area is 122 Å². The number of nitrogen functional groups attached to an aromatic ring is 1. The van der Waals surface area contributed by atoms with Crippen molar-refractivity contribution in [3.63, 3.8) is 0 Å². The summed E-state index contributed by atoms with van der Waals surface area (Å²) >= 11 is 1.17. The first-order valence-electron chi connectivity index (χ1n) is 5.91. The summed E-state index contributed by atoms with van der Waals surface area (Å²) in [6, 6.07) is 1.50.